The van der Waals surface area contributed by atoms with Crippen molar-refractivity contribution >= 4 is 11.9 Å². The monoisotopic (exact) mass is 1990 g/mol. The van der Waals surface area contributed by atoms with Gasteiger partial charge in [-0.25, -0.2) is 4.79 Å². The average molecular weight is 1990 g/mol. The Kier molecular flexibility index (Phi) is 34.3. The highest BCUT2D eigenvalue weighted by molar-refractivity contribution is 5.88. The fraction of sp³-hybridized carbons (Fsp3) is 0.913. The Bertz CT molecular complexity index is 4130. The van der Waals surface area contributed by atoms with Gasteiger partial charge in [0.2, 0.25) is 6.29 Å². The number of fused-ring (bicyclic) bond motifs is 7. The summed E-state index contributed by atoms with van der Waals surface area (Å²) in [6.45, 7) is 21.2. The van der Waals surface area contributed by atoms with Crippen LogP contribution in [0.2, 0.25) is 0 Å². The quantitative estimate of drug-likeness (QED) is 0.0143. The lowest BCUT2D eigenvalue weighted by Crippen LogP contribution is -2.68. The van der Waals surface area contributed by atoms with E-state index in [4.69, 9.17) is 90.0 Å². The van der Waals surface area contributed by atoms with Crippen molar-refractivity contribution in [3.8, 4) is 0 Å². The normalized spacial score (nSPS) is 51.9. The maximum atomic E-state index is 16.8. The molecule has 25 N–H and O–H groups in total. The molecule has 0 aromatic carbocycles. The van der Waals surface area contributed by atoms with Gasteiger partial charge in [-0.3, -0.25) is 4.79 Å². The molecule has 46 heteroatoms. The molecular weight excluding hydrogens is 1840 g/mol. The van der Waals surface area contributed by atoms with Crippen LogP contribution in [-0.4, -0.2) is 461 Å². The summed E-state index contributed by atoms with van der Waals surface area (Å²) in [5.74, 6) is -2.84. The summed E-state index contributed by atoms with van der Waals surface area (Å²) in [4.78, 5) is 31.7. The zero-order valence-electron chi connectivity index (χ0n) is 79.4. The maximum Gasteiger partial charge on any atom is 0.333 e. The summed E-state index contributed by atoms with van der Waals surface area (Å²) in [5, 5.41) is 276. The Labute approximate surface area is 797 Å². The number of hydrogen-bond donors (Lipinski definition) is 25. The van der Waals surface area contributed by atoms with Crippen molar-refractivity contribution in [1.29, 1.82) is 0 Å². The predicted octanol–water partition coefficient (Wildman–Crippen LogP) is -7.37. The zero-order valence-corrected chi connectivity index (χ0v) is 79.4. The molecule has 14 aliphatic rings. The molecule has 4 saturated carbocycles. The van der Waals surface area contributed by atoms with Gasteiger partial charge < -0.3 is 218 Å². The van der Waals surface area contributed by atoms with E-state index in [1.807, 2.05) is 27.7 Å². The van der Waals surface area contributed by atoms with E-state index in [9.17, 15) is 132 Å². The van der Waals surface area contributed by atoms with Gasteiger partial charge in [0, 0.05) is 17.4 Å². The fourth-order valence-corrected chi connectivity index (χ4v) is 24.4. The fourth-order valence-electron chi connectivity index (χ4n) is 24.4. The Hall–Kier alpha value is -3.52. The lowest BCUT2D eigenvalue weighted by molar-refractivity contribution is -0.390. The van der Waals surface area contributed by atoms with Crippen LogP contribution in [0.4, 0.5) is 0 Å². The van der Waals surface area contributed by atoms with Crippen molar-refractivity contribution in [3.63, 3.8) is 0 Å². The van der Waals surface area contributed by atoms with Crippen LogP contribution in [0, 0.1) is 50.2 Å². The molecule has 9 aliphatic heterocycles. The van der Waals surface area contributed by atoms with Crippen LogP contribution in [-0.2, 0) is 99.6 Å². The van der Waals surface area contributed by atoms with Gasteiger partial charge in [-0.2, -0.15) is 0 Å². The summed E-state index contributed by atoms with van der Waals surface area (Å²) >= 11 is 0. The molecule has 46 nitrogen and oxygen atoms in total. The number of esters is 2. The SMILES string of the molecule is C=C[C@](C)(CC/C=C(\C)C(=O)O[C@H]1C[C@]2(C(=O)O[C@@H]3O[C@H](CO)[C@@H](O)[C@H](O)[C@H]3O[C@@H]3O[C@@H](C)[C@H](O[C@@H]4O[C@@H](CO)[C@H](O)[C@H]4O)[C@@H](O[C@@H]4O[C@H](CO)[C@@H](O)[C@H](O)[C@H]4O)[C@H]3O)CC[C@]3(C)C(=CC[C@@H]4[C@@]5(C)CC[C@H](O[C@@H]6O[C@H](CO[C@@H]7O[C@H](C)[C@H](O)[C@H](O)[C@H]7O[C@@H]7OC[C@@H](O)[C@H](O)[C@H]7O)[C@@H](O)[C@H](O)[C@H]6O[C@@H]6O[C@H](CO)[C@@H](O)[C@H](O)[C@H]6O)C(C)(C)[C@@H]5CC[C@]43C)[C@@H]2CC1(C)C)O[C@@H]1O[C@H](C)[C@@H](O)[C@H](O)[C@H]1O. The zero-order chi connectivity index (χ0) is 101. The Balaban J connectivity index is 0.759. The minimum Gasteiger partial charge on any atom is -0.458 e. The van der Waals surface area contributed by atoms with Gasteiger partial charge in [-0.05, 0) is 138 Å². The molecule has 0 aromatic rings. The number of hydrogen-bond acceptors (Lipinski definition) is 46. The molecule has 13 fully saturated rings. The van der Waals surface area contributed by atoms with Crippen molar-refractivity contribution in [3.05, 3.63) is 36.0 Å². The van der Waals surface area contributed by atoms with Crippen molar-refractivity contribution in [2.24, 2.45) is 50.2 Å². The Morgan fingerprint density at radius 3 is 1.48 bits per heavy atom. The molecule has 0 aromatic heterocycles. The number of carbonyl (C=O) groups excluding carboxylic acids is 2. The third kappa shape index (κ3) is 20.5. The van der Waals surface area contributed by atoms with E-state index in [0.717, 1.165) is 5.57 Å². The number of rotatable bonds is 29. The topological polar surface area (TPSA) is 715 Å². The van der Waals surface area contributed by atoms with E-state index in [2.05, 4.69) is 33.4 Å². The first-order valence-corrected chi connectivity index (χ1v) is 48.0. The van der Waals surface area contributed by atoms with E-state index in [-0.39, 0.29) is 55.9 Å². The predicted molar refractivity (Wildman–Crippen MR) is 459 cm³/mol. The van der Waals surface area contributed by atoms with E-state index >= 15 is 4.79 Å². The van der Waals surface area contributed by atoms with E-state index in [0.29, 0.717) is 32.1 Å². The molecule has 9 heterocycles. The lowest BCUT2D eigenvalue weighted by atomic mass is 9.33. The summed E-state index contributed by atoms with van der Waals surface area (Å²) in [5.41, 5.74) is -5.66. The highest BCUT2D eigenvalue weighted by Crippen LogP contribution is 2.76. The van der Waals surface area contributed by atoms with Gasteiger partial charge >= 0.3 is 11.9 Å². The second-order valence-electron chi connectivity index (χ2n) is 42.7. The molecule has 5 aliphatic carbocycles. The number of allylic oxidation sites excluding steroid dienone is 3. The van der Waals surface area contributed by atoms with Crippen LogP contribution in [0.1, 0.15) is 154 Å². The van der Waals surface area contributed by atoms with Gasteiger partial charge in [-0.1, -0.05) is 72.3 Å². The van der Waals surface area contributed by atoms with E-state index in [1.54, 1.807) is 19.9 Å². The standard InChI is InChI=1S/C92H148O46/c1-14-88(10,138-81-68(116)58(106)50(98)35(3)122-81)21-15-16-34(2)75(118)130-49-27-92(85(119)137-84-74(62(110)55(103)43(30-95)128-84)136-80-69(117)71(133-78-66(114)59(107)53(101)41(28-93)125-78)70(37(5)124-80)132-77-65(113)56(104)44(31-96)127-77)25-24-90(12)38(39(92)26-86(49,6)7)17-18-47-89(11)22-20-48(87(8,9)46(89)19-23-91(47,90)13)131-83-73(135-79-67(115)60(108)54(102)42(29-94)126-79)63(111)57(105)45(129-83)33-121-82-72(61(109)51(99)36(4)123-82)134-76-64(112)52(100)40(97)32-120-76/h14,16-17,35-37,39-74,76-84,93-117H,1,15,18-33H2,2-13H3/b34-16+/t35-,36-,37+,39+,40-,41-,42-,43-,44+,45-,46+,47-,48+,49+,50-,51+,52+,53-,54-,55-,56+,57-,58+,59+,60+,61+,62+,63+,64-,65-,66-,67-,68-,69-,70+,71+,72-,73-,74-,76+,77+,78+,79+,80+,81+,82-,83+,84+,88-,89+,90-,91-,92-/m1/s1. The van der Waals surface area contributed by atoms with Gasteiger partial charge in [0.1, 0.15) is 189 Å². The summed E-state index contributed by atoms with van der Waals surface area (Å²) < 4.78 is 117. The molecule has 0 spiro atoms. The summed E-state index contributed by atoms with van der Waals surface area (Å²) in [6, 6.07) is 0. The third-order valence-corrected chi connectivity index (χ3v) is 33.5. The second kappa shape index (κ2) is 43.0. The van der Waals surface area contributed by atoms with Gasteiger partial charge in [0.15, 0.2) is 56.4 Å². The molecule has 9 saturated heterocycles. The van der Waals surface area contributed by atoms with E-state index in [1.165, 1.54) is 26.8 Å². The molecule has 0 unspecified atom stereocenters. The van der Waals surface area contributed by atoms with Crippen molar-refractivity contribution in [1.82, 2.24) is 0 Å². The van der Waals surface area contributed by atoms with Crippen molar-refractivity contribution in [2.45, 2.75) is 436 Å². The molecule has 0 radical (unpaired) electrons. The van der Waals surface area contributed by atoms with Crippen LogP contribution in [0.3, 0.4) is 0 Å². The van der Waals surface area contributed by atoms with Gasteiger partial charge in [0.05, 0.1) is 75.1 Å². The molecule has 0 bridgehead atoms. The lowest BCUT2D eigenvalue weighted by Gasteiger charge is -2.71. The minimum absolute atomic E-state index is 0.0209. The number of ether oxygens (including phenoxy) is 19. The van der Waals surface area contributed by atoms with Gasteiger partial charge in [-0.15, -0.1) is 6.58 Å². The van der Waals surface area contributed by atoms with Gasteiger partial charge in [0.25, 0.3) is 0 Å². The minimum atomic E-state index is -2.24. The Morgan fingerprint density at radius 1 is 0.442 bits per heavy atom. The number of carbonyl (C=O) groups is 2. The van der Waals surface area contributed by atoms with Crippen molar-refractivity contribution < 1.29 is 227 Å². The molecule has 14 rings (SSSR count). The first-order valence-electron chi connectivity index (χ1n) is 48.0. The number of aliphatic hydroxyl groups is 25. The van der Waals surface area contributed by atoms with Crippen LogP contribution in [0.5, 0.6) is 0 Å². The first kappa shape index (κ1) is 110. The molecule has 792 valence electrons. The second-order valence-corrected chi connectivity index (χ2v) is 42.7. The largest absolute Gasteiger partial charge is 0.458 e. The molecule has 0 amide bonds. The molecule has 53 atom stereocenters. The Morgan fingerprint density at radius 2 is 0.899 bits per heavy atom. The highest BCUT2D eigenvalue weighted by atomic mass is 16.8. The highest BCUT2D eigenvalue weighted by Gasteiger charge is 2.73. The van der Waals surface area contributed by atoms with Crippen LogP contribution >= 0.6 is 0 Å². The maximum absolute atomic E-state index is 16.8. The number of aliphatic hydroxyl groups excluding tert-OH is 25. The van der Waals surface area contributed by atoms with Crippen molar-refractivity contribution in [2.75, 3.05) is 39.6 Å². The first-order chi connectivity index (χ1) is 64.7. The van der Waals surface area contributed by atoms with Crippen LogP contribution < -0.4 is 0 Å². The molecule has 138 heavy (non-hydrogen) atoms. The van der Waals surface area contributed by atoms with Crippen LogP contribution in [0.15, 0.2) is 36.0 Å². The summed E-state index contributed by atoms with van der Waals surface area (Å²) in [7, 11) is 0. The van der Waals surface area contributed by atoms with Crippen LogP contribution in [0.25, 0.3) is 0 Å². The molecular formula is C92H148O46. The summed E-state index contributed by atoms with van der Waals surface area (Å²) in [6.07, 6.45) is -69.5. The smallest absolute Gasteiger partial charge is 0.333 e. The average Bonchev–Trinajstić information content (AvgIpc) is 0.792. The van der Waals surface area contributed by atoms with E-state index < -0.39 is 372 Å². The third-order valence-electron chi connectivity index (χ3n) is 33.5.